The minimum absolute atomic E-state index is 0. The Morgan fingerprint density at radius 2 is 1.57 bits per heavy atom. The Hall–Kier alpha value is 0.510. The van der Waals surface area contributed by atoms with Gasteiger partial charge in [0.05, 0.1) is 26.3 Å². The molecule has 8 nitrogen and oxygen atoms in total. The Balaban J connectivity index is 0. The zero-order chi connectivity index (χ0) is 14.7. The summed E-state index contributed by atoms with van der Waals surface area (Å²) in [4.78, 5) is 10.9. The van der Waals surface area contributed by atoms with E-state index < -0.39 is 48.9 Å². The number of amides is 1. The molecule has 1 aromatic rings. The van der Waals surface area contributed by atoms with Crippen LogP contribution in [0.4, 0.5) is 0 Å². The second-order valence-corrected chi connectivity index (χ2v) is 6.34. The van der Waals surface area contributed by atoms with Gasteiger partial charge in [-0.2, -0.15) is 0 Å². The maximum atomic E-state index is 11.6. The average molecular weight is 353 g/mol. The van der Waals surface area contributed by atoms with E-state index in [1.54, 1.807) is 0 Å². The molecule has 0 aromatic heterocycles. The van der Waals surface area contributed by atoms with E-state index in [0.717, 1.165) is 12.1 Å². The first-order valence-electron chi connectivity index (χ1n) is 4.88. The molecule has 0 aliphatic rings. The van der Waals surface area contributed by atoms with Crippen molar-refractivity contribution in [3.63, 3.8) is 0 Å². The number of hydrogen-bond acceptors (Lipinski definition) is 7. The fraction of sp³-hybridized carbons (Fsp3) is 0.222. The van der Waals surface area contributed by atoms with E-state index in [0.29, 0.717) is 0 Å². The van der Waals surface area contributed by atoms with Crippen LogP contribution in [0.5, 0.6) is 0 Å². The standard InChI is InChI=1S/C9H11NO7S2.2Na/c11-9(10-5-6-18(12,13)14)7-3-1-2-4-8(7)19(15,16)17;;/h1-4H,5-6H2,(H,10,11)(H,12,13,14)(H,15,16,17);;/q;2*+1/p-2. The van der Waals surface area contributed by atoms with Crippen molar-refractivity contribution >= 4 is 26.1 Å². The van der Waals surface area contributed by atoms with Crippen LogP contribution >= 0.6 is 0 Å². The third-order valence-electron chi connectivity index (χ3n) is 2.04. The molecular formula is C9H9NNa2O7S2. The molecule has 0 atom stereocenters. The first-order valence-corrected chi connectivity index (χ1v) is 7.86. The van der Waals surface area contributed by atoms with Gasteiger partial charge in [-0.15, -0.1) is 0 Å². The minimum Gasteiger partial charge on any atom is -0.748 e. The van der Waals surface area contributed by atoms with Crippen LogP contribution in [0, 0.1) is 0 Å². The first kappa shape index (κ1) is 23.8. The van der Waals surface area contributed by atoms with Crippen LogP contribution in [0.1, 0.15) is 10.4 Å². The van der Waals surface area contributed by atoms with Gasteiger partial charge in [-0.1, -0.05) is 12.1 Å². The summed E-state index contributed by atoms with van der Waals surface area (Å²) in [7, 11) is -9.31. The van der Waals surface area contributed by atoms with Gasteiger partial charge in [0, 0.05) is 6.54 Å². The topological polar surface area (TPSA) is 144 Å². The third-order valence-corrected chi connectivity index (χ3v) is 3.64. The van der Waals surface area contributed by atoms with E-state index in [1.807, 2.05) is 5.32 Å². The maximum Gasteiger partial charge on any atom is 1.00 e. The maximum absolute atomic E-state index is 11.6. The van der Waals surface area contributed by atoms with Crippen LogP contribution in [0.3, 0.4) is 0 Å². The molecule has 0 saturated carbocycles. The normalized spacial score (nSPS) is 11.0. The zero-order valence-corrected chi connectivity index (χ0v) is 17.0. The third kappa shape index (κ3) is 8.65. The van der Waals surface area contributed by atoms with Crippen molar-refractivity contribution < 1.29 is 89.9 Å². The number of carbonyl (C=O) groups is 1. The van der Waals surface area contributed by atoms with E-state index in [-0.39, 0.29) is 59.1 Å². The Kier molecular flexibility index (Phi) is 10.9. The molecule has 21 heavy (non-hydrogen) atoms. The fourth-order valence-electron chi connectivity index (χ4n) is 1.26. The largest absolute Gasteiger partial charge is 1.00 e. The second-order valence-electron chi connectivity index (χ2n) is 3.47. The number of nitrogens with one attached hydrogen (secondary N) is 1. The minimum atomic E-state index is -4.82. The summed E-state index contributed by atoms with van der Waals surface area (Å²) in [6.07, 6.45) is 0. The average Bonchev–Trinajstić information content (AvgIpc) is 2.26. The van der Waals surface area contributed by atoms with Crippen LogP contribution in [-0.4, -0.2) is 44.1 Å². The number of benzene rings is 1. The van der Waals surface area contributed by atoms with Crippen LogP contribution in [0.15, 0.2) is 29.2 Å². The van der Waals surface area contributed by atoms with Crippen LogP contribution < -0.4 is 64.4 Å². The summed E-state index contributed by atoms with van der Waals surface area (Å²) in [5.41, 5.74) is -0.402. The number of hydrogen-bond donors (Lipinski definition) is 1. The molecule has 0 bridgehead atoms. The Morgan fingerprint density at radius 1 is 1.05 bits per heavy atom. The van der Waals surface area contributed by atoms with Gasteiger partial charge in [-0.3, -0.25) is 4.79 Å². The number of carbonyl (C=O) groups excluding carboxylic acids is 1. The van der Waals surface area contributed by atoms with E-state index >= 15 is 0 Å². The zero-order valence-electron chi connectivity index (χ0n) is 11.4. The summed E-state index contributed by atoms with van der Waals surface area (Å²) in [6.45, 7) is -0.474. The predicted octanol–water partition coefficient (Wildman–Crippen LogP) is -7.13. The van der Waals surface area contributed by atoms with Crippen molar-refractivity contribution in [2.45, 2.75) is 4.90 Å². The van der Waals surface area contributed by atoms with Crippen molar-refractivity contribution in [3.8, 4) is 0 Å². The summed E-state index contributed by atoms with van der Waals surface area (Å²) in [6, 6.07) is 4.67. The molecule has 0 aliphatic carbocycles. The van der Waals surface area contributed by atoms with Crippen molar-refractivity contribution in [1.29, 1.82) is 0 Å². The van der Waals surface area contributed by atoms with Gasteiger partial charge < -0.3 is 14.4 Å². The monoisotopic (exact) mass is 353 g/mol. The van der Waals surface area contributed by atoms with E-state index in [4.69, 9.17) is 0 Å². The van der Waals surface area contributed by atoms with Gasteiger partial charge in [-0.25, -0.2) is 16.8 Å². The smallest absolute Gasteiger partial charge is 0.748 e. The molecule has 1 rings (SSSR count). The summed E-state index contributed by atoms with van der Waals surface area (Å²) in [5.74, 6) is -1.77. The van der Waals surface area contributed by atoms with Gasteiger partial charge in [0.1, 0.15) is 10.1 Å². The molecule has 1 N–H and O–H groups in total. The molecule has 0 saturated heterocycles. The fourth-order valence-corrected chi connectivity index (χ4v) is 2.28. The summed E-state index contributed by atoms with van der Waals surface area (Å²) >= 11 is 0. The van der Waals surface area contributed by atoms with Crippen molar-refractivity contribution in [2.75, 3.05) is 12.3 Å². The SMILES string of the molecule is O=C(NCCS(=O)(=O)[O-])c1ccccc1S(=O)(=O)[O-].[Na+].[Na+]. The molecule has 1 aromatic carbocycles. The van der Waals surface area contributed by atoms with E-state index in [1.165, 1.54) is 12.1 Å². The Labute approximate surface area is 166 Å². The van der Waals surface area contributed by atoms with Gasteiger partial charge >= 0.3 is 59.1 Å². The molecule has 0 heterocycles. The van der Waals surface area contributed by atoms with Crippen LogP contribution in [0.25, 0.3) is 0 Å². The van der Waals surface area contributed by atoms with Crippen molar-refractivity contribution in [2.24, 2.45) is 0 Å². The molecule has 0 fully saturated rings. The van der Waals surface area contributed by atoms with E-state index in [9.17, 15) is 30.7 Å². The molecule has 0 spiro atoms. The van der Waals surface area contributed by atoms with Gasteiger partial charge in [-0.05, 0) is 12.1 Å². The first-order chi connectivity index (χ1) is 8.61. The Morgan fingerprint density at radius 3 is 2.05 bits per heavy atom. The van der Waals surface area contributed by atoms with Crippen LogP contribution in [0.2, 0.25) is 0 Å². The molecule has 106 valence electrons. The number of rotatable bonds is 5. The molecule has 1 amide bonds. The molecular weight excluding hydrogens is 344 g/mol. The summed E-state index contributed by atoms with van der Waals surface area (Å²) < 4.78 is 63.7. The molecule has 0 aliphatic heterocycles. The van der Waals surface area contributed by atoms with Crippen LogP contribution in [-0.2, 0) is 20.2 Å². The molecule has 0 radical (unpaired) electrons. The Bertz CT molecular complexity index is 688. The quantitative estimate of drug-likeness (QED) is 0.409. The van der Waals surface area contributed by atoms with Crippen molar-refractivity contribution in [3.05, 3.63) is 29.8 Å². The van der Waals surface area contributed by atoms with Gasteiger partial charge in [0.25, 0.3) is 5.91 Å². The molecule has 0 unspecified atom stereocenters. The van der Waals surface area contributed by atoms with Gasteiger partial charge in [0.15, 0.2) is 0 Å². The molecule has 12 heteroatoms. The van der Waals surface area contributed by atoms with Crippen molar-refractivity contribution in [1.82, 2.24) is 5.32 Å². The predicted molar refractivity (Wildman–Crippen MR) is 61.3 cm³/mol. The second kappa shape index (κ2) is 9.60. The van der Waals surface area contributed by atoms with E-state index in [2.05, 4.69) is 0 Å². The summed E-state index contributed by atoms with van der Waals surface area (Å²) in [5, 5.41) is 2.05. The van der Waals surface area contributed by atoms with Gasteiger partial charge in [0.2, 0.25) is 0 Å².